The van der Waals surface area contributed by atoms with E-state index in [9.17, 15) is 14.4 Å². The summed E-state index contributed by atoms with van der Waals surface area (Å²) >= 11 is 6.66. The Morgan fingerprint density at radius 3 is 2.52 bits per heavy atom. The van der Waals surface area contributed by atoms with Gasteiger partial charge >= 0.3 is 5.92 Å². The van der Waals surface area contributed by atoms with Crippen LogP contribution in [0.4, 0.5) is 37.6 Å². The number of ether oxygens (including phenoxy) is 1. The molecule has 7 heterocycles. The Morgan fingerprint density at radius 2 is 1.76 bits per heavy atom. The van der Waals surface area contributed by atoms with Crippen LogP contribution in [-0.4, -0.2) is 105 Å². The normalized spacial score (nSPS) is 24.4. The molecule has 15 nitrogen and oxygen atoms in total. The number of aromatic nitrogens is 5. The van der Waals surface area contributed by atoms with Crippen LogP contribution in [0.3, 0.4) is 0 Å². The Hall–Kier alpha value is -5.55. The van der Waals surface area contributed by atoms with E-state index in [1.807, 2.05) is 23.9 Å². The summed E-state index contributed by atoms with van der Waals surface area (Å²) in [6.45, 7) is 7.78. The van der Waals surface area contributed by atoms with Gasteiger partial charge in [0.05, 0.1) is 40.6 Å². The Kier molecular flexibility index (Phi) is 10.2. The van der Waals surface area contributed by atoms with Gasteiger partial charge in [-0.1, -0.05) is 18.5 Å². The zero-order valence-corrected chi connectivity index (χ0v) is 35.7. The van der Waals surface area contributed by atoms with Gasteiger partial charge in [0.2, 0.25) is 23.5 Å². The number of halogens is 3. The minimum absolute atomic E-state index is 0.106. The van der Waals surface area contributed by atoms with E-state index in [0.717, 1.165) is 74.5 Å². The average Bonchev–Trinajstić information content (AvgIpc) is 4.06. The molecule has 1 saturated carbocycles. The third-order valence-corrected chi connectivity index (χ3v) is 13.9. The van der Waals surface area contributed by atoms with E-state index in [1.165, 1.54) is 4.57 Å². The van der Waals surface area contributed by atoms with Gasteiger partial charge in [-0.3, -0.25) is 29.3 Å². The topological polar surface area (TPSA) is 155 Å². The minimum Gasteiger partial charge on any atom is -0.480 e. The van der Waals surface area contributed by atoms with Crippen molar-refractivity contribution in [2.75, 3.05) is 72.9 Å². The molecule has 0 spiro atoms. The Bertz CT molecular complexity index is 2660. The first-order valence-corrected chi connectivity index (χ1v) is 21.9. The summed E-state index contributed by atoms with van der Waals surface area (Å²) in [6, 6.07) is 10.6. The molecule has 0 bridgehead atoms. The molecule has 0 radical (unpaired) electrons. The largest absolute Gasteiger partial charge is 0.480 e. The number of aryl methyl sites for hydroxylation is 2. The van der Waals surface area contributed by atoms with Gasteiger partial charge in [0.25, 0.3) is 5.56 Å². The van der Waals surface area contributed by atoms with Gasteiger partial charge in [0, 0.05) is 88.5 Å². The summed E-state index contributed by atoms with van der Waals surface area (Å²) in [6.07, 6.45) is 4.78. The number of nitrogens with zero attached hydrogens (tertiary/aromatic N) is 8. The molecule has 3 saturated heterocycles. The van der Waals surface area contributed by atoms with Gasteiger partial charge in [-0.25, -0.2) is 13.8 Å². The summed E-state index contributed by atoms with van der Waals surface area (Å²) in [5, 5.41) is 15.4. The lowest BCUT2D eigenvalue weighted by atomic mass is 9.86. The van der Waals surface area contributed by atoms with Crippen molar-refractivity contribution in [3.05, 3.63) is 63.7 Å². The molecule has 4 fully saturated rings. The number of carbonyl (C=O) groups is 2. The number of amides is 2. The monoisotopic (exact) mass is 869 g/mol. The van der Waals surface area contributed by atoms with Crippen molar-refractivity contribution in [3.63, 3.8) is 0 Å². The number of fused-ring (bicyclic) bond motifs is 4. The average molecular weight is 870 g/mol. The van der Waals surface area contributed by atoms with E-state index in [1.54, 1.807) is 19.3 Å². The molecule has 4 atom stereocenters. The molecule has 2 amide bonds. The number of piperazine rings is 1. The molecule has 4 aliphatic heterocycles. The number of hydrogen-bond acceptors (Lipinski definition) is 12. The molecule has 18 heteroatoms. The van der Waals surface area contributed by atoms with Crippen LogP contribution >= 0.6 is 11.6 Å². The van der Waals surface area contributed by atoms with E-state index in [2.05, 4.69) is 60.8 Å². The summed E-state index contributed by atoms with van der Waals surface area (Å²) in [5.41, 5.74) is 3.84. The zero-order chi connectivity index (χ0) is 43.0. The highest BCUT2D eigenvalue weighted by molar-refractivity contribution is 6.33. The summed E-state index contributed by atoms with van der Waals surface area (Å²) in [4.78, 5) is 54.3. The second-order valence-corrected chi connectivity index (χ2v) is 18.2. The number of carbonyl (C=O) groups excluding carboxylic acids is 2. The van der Waals surface area contributed by atoms with E-state index in [-0.39, 0.29) is 29.2 Å². The van der Waals surface area contributed by atoms with E-state index >= 15 is 8.78 Å². The number of anilines is 5. The maximum atomic E-state index is 15.2. The summed E-state index contributed by atoms with van der Waals surface area (Å²) < 4.78 is 39.1. The van der Waals surface area contributed by atoms with E-state index in [4.69, 9.17) is 26.4 Å². The SMILES string of the molecule is C[C@H]1CN(c2ncc(Cl)c(Nc3ccc4c(c3)c3c(c(=O)n4C)OCC(F)(F)[C@H](C4CC4)N3)n2)CC[C@H]1CN1CCN(c2ccc3c(C4CCC(=O)NC4=O)nn(C)c3c2)CC1. The number of rotatable bonds is 8. The van der Waals surface area contributed by atoms with Gasteiger partial charge < -0.3 is 29.7 Å². The predicted octanol–water partition coefficient (Wildman–Crippen LogP) is 5.64. The fraction of sp³-hybridized carbons (Fsp3) is 0.500. The lowest BCUT2D eigenvalue weighted by Gasteiger charge is -2.42. The fourth-order valence-corrected chi connectivity index (χ4v) is 10.0. The highest BCUT2D eigenvalue weighted by Crippen LogP contribution is 2.46. The molecule has 1 aliphatic carbocycles. The Balaban J connectivity index is 0.777. The maximum absolute atomic E-state index is 15.2. The molecule has 62 heavy (non-hydrogen) atoms. The number of hydrogen-bond donors (Lipinski definition) is 3. The number of pyridine rings is 1. The van der Waals surface area contributed by atoms with Crippen molar-refractivity contribution >= 4 is 74.0 Å². The molecule has 10 rings (SSSR count). The fourth-order valence-electron chi connectivity index (χ4n) is 9.87. The lowest BCUT2D eigenvalue weighted by Crippen LogP contribution is -2.50. The van der Waals surface area contributed by atoms with Crippen molar-refractivity contribution in [2.24, 2.45) is 31.8 Å². The van der Waals surface area contributed by atoms with Crippen LogP contribution < -0.4 is 36.0 Å². The number of alkyl halides is 2. The third-order valence-electron chi connectivity index (χ3n) is 13.6. The molecular weight excluding hydrogens is 820 g/mol. The molecule has 326 valence electrons. The lowest BCUT2D eigenvalue weighted by molar-refractivity contribution is -0.134. The number of benzene rings is 2. The molecule has 1 unspecified atom stereocenters. The molecule has 5 aliphatic rings. The highest BCUT2D eigenvalue weighted by Gasteiger charge is 2.51. The van der Waals surface area contributed by atoms with Crippen molar-refractivity contribution in [2.45, 2.75) is 56.9 Å². The summed E-state index contributed by atoms with van der Waals surface area (Å²) in [5.74, 6) is -2.45. The first-order chi connectivity index (χ1) is 29.8. The molecular formula is C44H50ClF2N11O4. The number of nitrogens with one attached hydrogen (secondary N) is 3. The molecule has 3 aromatic heterocycles. The standard InChI is InChI=1S/C44H50ClF2N11O4/c1-24-21-58(13-12-26(24)22-56-14-16-57(17-15-56)28-7-8-29-34(19-28)55(3)53-36(29)30-9-11-35(59)50-41(30)60)43-48-20-32(45)40(52-43)49-27-6-10-33-31(18-27)37-38(42(61)54(33)2)62-23-44(46,47)39(51-37)25-4-5-25/h6-8,10,18-20,24-26,30,39,51H,4-5,9,11-17,21-23H2,1-3H3,(H,48,49,52)(H,50,59,60)/t24-,26-,30?,39-/m0/s1. The van der Waals surface area contributed by atoms with E-state index in [0.29, 0.717) is 70.9 Å². The Labute approximate surface area is 361 Å². The summed E-state index contributed by atoms with van der Waals surface area (Å²) in [7, 11) is 3.51. The van der Waals surface area contributed by atoms with Crippen LogP contribution in [0, 0.1) is 17.8 Å². The van der Waals surface area contributed by atoms with Crippen LogP contribution in [0.5, 0.6) is 5.75 Å². The highest BCUT2D eigenvalue weighted by atomic mass is 35.5. The van der Waals surface area contributed by atoms with Crippen molar-refractivity contribution < 1.29 is 23.1 Å². The second kappa shape index (κ2) is 15.7. The number of imide groups is 1. The maximum Gasteiger partial charge on any atom is 0.301 e. The smallest absolute Gasteiger partial charge is 0.301 e. The zero-order valence-electron chi connectivity index (χ0n) is 35.0. The van der Waals surface area contributed by atoms with E-state index < -0.39 is 30.0 Å². The van der Waals surface area contributed by atoms with Gasteiger partial charge in [0.1, 0.15) is 5.02 Å². The predicted molar refractivity (Wildman–Crippen MR) is 234 cm³/mol. The van der Waals surface area contributed by atoms with Crippen LogP contribution in [0.25, 0.3) is 21.8 Å². The molecule has 5 aromatic rings. The van der Waals surface area contributed by atoms with Crippen LogP contribution in [-0.2, 0) is 23.7 Å². The first kappa shape index (κ1) is 40.5. The van der Waals surface area contributed by atoms with Gasteiger partial charge in [-0.15, -0.1) is 0 Å². The second-order valence-electron chi connectivity index (χ2n) is 17.8. The van der Waals surface area contributed by atoms with Crippen molar-refractivity contribution in [1.82, 2.24) is 34.5 Å². The van der Waals surface area contributed by atoms with Crippen LogP contribution in [0.15, 0.2) is 47.4 Å². The van der Waals surface area contributed by atoms with Crippen molar-refractivity contribution in [3.8, 4) is 5.75 Å². The van der Waals surface area contributed by atoms with Crippen molar-refractivity contribution in [1.29, 1.82) is 0 Å². The first-order valence-electron chi connectivity index (χ1n) is 21.6. The van der Waals surface area contributed by atoms with Crippen LogP contribution in [0.2, 0.25) is 5.02 Å². The number of piperidine rings is 2. The minimum atomic E-state index is -3.13. The quantitative estimate of drug-likeness (QED) is 0.166. The molecule has 3 N–H and O–H groups in total. The Morgan fingerprint density at radius 1 is 0.952 bits per heavy atom. The van der Waals surface area contributed by atoms with Gasteiger partial charge in [-0.2, -0.15) is 10.1 Å². The van der Waals surface area contributed by atoms with Crippen LogP contribution in [0.1, 0.15) is 50.6 Å². The van der Waals surface area contributed by atoms with Gasteiger partial charge in [0.15, 0.2) is 12.4 Å². The third kappa shape index (κ3) is 7.46. The van der Waals surface area contributed by atoms with Gasteiger partial charge in [-0.05, 0) is 79.8 Å². The molecule has 2 aromatic carbocycles.